The normalized spacial score (nSPS) is 12.2. The van der Waals surface area contributed by atoms with Gasteiger partial charge in [0, 0.05) is 7.11 Å². The van der Waals surface area contributed by atoms with Gasteiger partial charge in [-0.25, -0.2) is 0 Å². The number of benzene rings is 2. The highest BCUT2D eigenvalue weighted by molar-refractivity contribution is 5.57. The molecule has 0 bridgehead atoms. The summed E-state index contributed by atoms with van der Waals surface area (Å²) in [5, 5.41) is 3.52. The summed E-state index contributed by atoms with van der Waals surface area (Å²) in [6.07, 6.45) is 0.144. The van der Waals surface area contributed by atoms with Crippen molar-refractivity contribution in [1.29, 1.82) is 0 Å². The minimum Gasteiger partial charge on any atom is -0.489 e. The fourth-order valence-corrected chi connectivity index (χ4v) is 2.20. The maximum absolute atomic E-state index is 5.86. The Balaban J connectivity index is 2.21. The van der Waals surface area contributed by atoms with Crippen LogP contribution in [0, 0.1) is 0 Å². The van der Waals surface area contributed by atoms with E-state index in [9.17, 15) is 0 Å². The Morgan fingerprint density at radius 3 is 2.29 bits per heavy atom. The van der Waals surface area contributed by atoms with E-state index >= 15 is 0 Å². The first-order valence-electron chi connectivity index (χ1n) is 7.27. The third-order valence-corrected chi connectivity index (χ3v) is 3.11. The standard InChI is InChI=1S/C18H23NO2/c1-14(2)21-18-12-8-7-11-16(18)19-17(13-20-3)15-9-5-4-6-10-15/h4-12,14,17,19H,13H2,1-3H3. The number of anilines is 1. The number of ether oxygens (including phenoxy) is 2. The SMILES string of the molecule is COCC(Nc1ccccc1OC(C)C)c1ccccc1. The summed E-state index contributed by atoms with van der Waals surface area (Å²) in [4.78, 5) is 0. The molecule has 2 aromatic carbocycles. The van der Waals surface area contributed by atoms with Gasteiger partial charge in [0.2, 0.25) is 0 Å². The van der Waals surface area contributed by atoms with Crippen LogP contribution in [-0.2, 0) is 4.74 Å². The van der Waals surface area contributed by atoms with E-state index in [1.54, 1.807) is 7.11 Å². The van der Waals surface area contributed by atoms with E-state index in [0.29, 0.717) is 6.61 Å². The molecular weight excluding hydrogens is 262 g/mol. The second kappa shape index (κ2) is 7.70. The van der Waals surface area contributed by atoms with Crippen LogP contribution in [0.3, 0.4) is 0 Å². The van der Waals surface area contributed by atoms with E-state index < -0.39 is 0 Å². The Kier molecular flexibility index (Phi) is 5.64. The molecule has 3 nitrogen and oxygen atoms in total. The lowest BCUT2D eigenvalue weighted by atomic mass is 10.1. The first-order chi connectivity index (χ1) is 10.2. The molecule has 0 aliphatic carbocycles. The third-order valence-electron chi connectivity index (χ3n) is 3.11. The molecule has 21 heavy (non-hydrogen) atoms. The summed E-state index contributed by atoms with van der Waals surface area (Å²) >= 11 is 0. The Hall–Kier alpha value is -2.00. The van der Waals surface area contributed by atoms with Gasteiger partial charge in [0.15, 0.2) is 0 Å². The van der Waals surface area contributed by atoms with Crippen molar-refractivity contribution >= 4 is 5.69 Å². The van der Waals surface area contributed by atoms with Crippen molar-refractivity contribution in [2.45, 2.75) is 26.0 Å². The van der Waals surface area contributed by atoms with Gasteiger partial charge in [0.1, 0.15) is 5.75 Å². The second-order valence-electron chi connectivity index (χ2n) is 5.23. The van der Waals surface area contributed by atoms with E-state index in [1.807, 2.05) is 56.3 Å². The summed E-state index contributed by atoms with van der Waals surface area (Å²) in [7, 11) is 1.72. The predicted molar refractivity (Wildman–Crippen MR) is 86.9 cm³/mol. The summed E-state index contributed by atoms with van der Waals surface area (Å²) in [6, 6.07) is 18.4. The molecule has 0 aliphatic rings. The van der Waals surface area contributed by atoms with Crippen molar-refractivity contribution in [2.75, 3.05) is 19.0 Å². The molecule has 0 aromatic heterocycles. The van der Waals surface area contributed by atoms with Crippen LogP contribution >= 0.6 is 0 Å². The van der Waals surface area contributed by atoms with E-state index in [2.05, 4.69) is 17.4 Å². The number of rotatable bonds is 7. The van der Waals surface area contributed by atoms with Crippen LogP contribution in [0.2, 0.25) is 0 Å². The zero-order valence-electron chi connectivity index (χ0n) is 12.9. The van der Waals surface area contributed by atoms with E-state index in [4.69, 9.17) is 9.47 Å². The molecule has 1 N–H and O–H groups in total. The molecule has 0 amide bonds. The molecule has 1 unspecified atom stereocenters. The fourth-order valence-electron chi connectivity index (χ4n) is 2.20. The van der Waals surface area contributed by atoms with Gasteiger partial charge in [0.25, 0.3) is 0 Å². The number of para-hydroxylation sites is 2. The lowest BCUT2D eigenvalue weighted by molar-refractivity contribution is 0.186. The van der Waals surface area contributed by atoms with Gasteiger partial charge in [-0.15, -0.1) is 0 Å². The van der Waals surface area contributed by atoms with Crippen molar-refractivity contribution in [3.05, 3.63) is 60.2 Å². The average Bonchev–Trinajstić information content (AvgIpc) is 2.49. The van der Waals surface area contributed by atoms with Crippen LogP contribution in [0.1, 0.15) is 25.5 Å². The zero-order chi connectivity index (χ0) is 15.1. The summed E-state index contributed by atoms with van der Waals surface area (Å²) in [5.74, 6) is 0.865. The number of methoxy groups -OCH3 is 1. The van der Waals surface area contributed by atoms with Gasteiger partial charge in [0.05, 0.1) is 24.4 Å². The zero-order valence-corrected chi connectivity index (χ0v) is 12.9. The molecule has 0 fully saturated rings. The first kappa shape index (κ1) is 15.4. The topological polar surface area (TPSA) is 30.5 Å². The average molecular weight is 285 g/mol. The van der Waals surface area contributed by atoms with Crippen LogP contribution in [0.5, 0.6) is 5.75 Å². The van der Waals surface area contributed by atoms with Crippen molar-refractivity contribution in [3.63, 3.8) is 0 Å². The molecule has 0 heterocycles. The van der Waals surface area contributed by atoms with Gasteiger partial charge in [-0.05, 0) is 31.5 Å². The van der Waals surface area contributed by atoms with Gasteiger partial charge in [-0.2, -0.15) is 0 Å². The van der Waals surface area contributed by atoms with Crippen LogP contribution in [-0.4, -0.2) is 19.8 Å². The number of hydrogen-bond donors (Lipinski definition) is 1. The minimum atomic E-state index is 0.0908. The second-order valence-corrected chi connectivity index (χ2v) is 5.23. The van der Waals surface area contributed by atoms with Crippen LogP contribution in [0.15, 0.2) is 54.6 Å². The van der Waals surface area contributed by atoms with Crippen LogP contribution in [0.25, 0.3) is 0 Å². The fraction of sp³-hybridized carbons (Fsp3) is 0.333. The van der Waals surface area contributed by atoms with E-state index in [1.165, 1.54) is 5.56 Å². The molecule has 2 aromatic rings. The molecule has 0 saturated heterocycles. The minimum absolute atomic E-state index is 0.0908. The summed E-state index contributed by atoms with van der Waals surface area (Å²) in [6.45, 7) is 4.65. The monoisotopic (exact) mass is 285 g/mol. The summed E-state index contributed by atoms with van der Waals surface area (Å²) < 4.78 is 11.2. The first-order valence-corrected chi connectivity index (χ1v) is 7.27. The van der Waals surface area contributed by atoms with Crippen molar-refractivity contribution in [3.8, 4) is 5.75 Å². The highest BCUT2D eigenvalue weighted by Gasteiger charge is 2.13. The molecule has 2 rings (SSSR count). The molecule has 112 valence electrons. The molecule has 1 atom stereocenters. The lowest BCUT2D eigenvalue weighted by Gasteiger charge is -2.22. The Morgan fingerprint density at radius 2 is 1.62 bits per heavy atom. The van der Waals surface area contributed by atoms with E-state index in [0.717, 1.165) is 11.4 Å². The predicted octanol–water partition coefficient (Wildman–Crippen LogP) is 4.27. The lowest BCUT2D eigenvalue weighted by Crippen LogP contribution is -2.17. The van der Waals surface area contributed by atoms with Crippen LogP contribution in [0.4, 0.5) is 5.69 Å². The molecule has 0 saturated carbocycles. The molecule has 0 aliphatic heterocycles. The maximum atomic E-state index is 5.86. The van der Waals surface area contributed by atoms with Crippen molar-refractivity contribution in [2.24, 2.45) is 0 Å². The van der Waals surface area contributed by atoms with Crippen molar-refractivity contribution < 1.29 is 9.47 Å². The largest absolute Gasteiger partial charge is 0.489 e. The smallest absolute Gasteiger partial charge is 0.142 e. The third kappa shape index (κ3) is 4.50. The van der Waals surface area contributed by atoms with Gasteiger partial charge < -0.3 is 14.8 Å². The molecule has 3 heteroatoms. The highest BCUT2D eigenvalue weighted by atomic mass is 16.5. The quantitative estimate of drug-likeness (QED) is 0.824. The Morgan fingerprint density at radius 1 is 0.952 bits per heavy atom. The Labute approximate surface area is 126 Å². The molecule has 0 radical (unpaired) electrons. The highest BCUT2D eigenvalue weighted by Crippen LogP contribution is 2.29. The Bertz CT molecular complexity index is 540. The number of nitrogens with one attached hydrogen (secondary N) is 1. The van der Waals surface area contributed by atoms with E-state index in [-0.39, 0.29) is 12.1 Å². The van der Waals surface area contributed by atoms with Crippen molar-refractivity contribution in [1.82, 2.24) is 0 Å². The number of hydrogen-bond acceptors (Lipinski definition) is 3. The maximum Gasteiger partial charge on any atom is 0.142 e. The van der Waals surface area contributed by atoms with Crippen LogP contribution < -0.4 is 10.1 Å². The summed E-state index contributed by atoms with van der Waals surface area (Å²) in [5.41, 5.74) is 2.18. The molecule has 0 spiro atoms. The van der Waals surface area contributed by atoms with Gasteiger partial charge >= 0.3 is 0 Å². The van der Waals surface area contributed by atoms with Gasteiger partial charge in [-0.1, -0.05) is 42.5 Å². The molecular formula is C18H23NO2. The van der Waals surface area contributed by atoms with Gasteiger partial charge in [-0.3, -0.25) is 0 Å².